The van der Waals surface area contributed by atoms with E-state index in [0.717, 1.165) is 57.1 Å². The molecule has 5 aromatic rings. The standard InChI is InChI=1S/C52H74Cl2N8O6S2/c1-6-8-10-12-14-16-18-20-22-24-30-69(65,66)60-39-26-28-45(53)43(35-39)50(63)55-41-32-38(49-57-48-37-47(52(3,4)5)58-62(48)59-49)33-42(34-41)56-51(64)44-36-40(27-29-46(44)54)61-70(67,68)31-25-23-21-19-17-15-13-11-9-7-2/h26-29,32-37,58,60-61H,6-25,30-31H2,1-5H3,(H,55,63)(H,56,64). The minimum absolute atomic E-state index is 0.0131. The molecule has 2 heterocycles. The molecule has 0 aliphatic heterocycles. The third-order valence-electron chi connectivity index (χ3n) is 12.1. The van der Waals surface area contributed by atoms with Crippen molar-refractivity contribution in [2.24, 2.45) is 0 Å². The van der Waals surface area contributed by atoms with E-state index in [1.165, 1.54) is 107 Å². The largest absolute Gasteiger partial charge is 0.322 e. The van der Waals surface area contributed by atoms with Crippen LogP contribution in [0.1, 0.15) is 189 Å². The second-order valence-electron chi connectivity index (χ2n) is 19.4. The van der Waals surface area contributed by atoms with Crippen LogP contribution in [-0.2, 0) is 25.5 Å². The number of hydrogen-bond acceptors (Lipinski definition) is 8. The lowest BCUT2D eigenvalue weighted by Gasteiger charge is -2.15. The number of sulfonamides is 2. The molecule has 0 aliphatic rings. The van der Waals surface area contributed by atoms with Gasteiger partial charge in [-0.2, -0.15) is 4.63 Å². The summed E-state index contributed by atoms with van der Waals surface area (Å²) in [6, 6.07) is 15.4. The number of carbonyl (C=O) groups is 2. The molecule has 2 amide bonds. The molecular weight excluding hydrogens is 968 g/mol. The number of halogens is 2. The van der Waals surface area contributed by atoms with Gasteiger partial charge >= 0.3 is 0 Å². The highest BCUT2D eigenvalue weighted by atomic mass is 35.5. The highest BCUT2D eigenvalue weighted by Crippen LogP contribution is 2.31. The maximum atomic E-state index is 13.9. The van der Waals surface area contributed by atoms with E-state index in [9.17, 15) is 26.4 Å². The van der Waals surface area contributed by atoms with E-state index in [1.807, 2.05) is 6.07 Å². The first kappa shape index (κ1) is 56.3. The van der Waals surface area contributed by atoms with Crippen LogP contribution in [0.3, 0.4) is 0 Å². The van der Waals surface area contributed by atoms with E-state index in [-0.39, 0.29) is 66.7 Å². The Morgan fingerprint density at radius 3 is 1.34 bits per heavy atom. The molecule has 14 nitrogen and oxygen atoms in total. The van der Waals surface area contributed by atoms with Crippen molar-refractivity contribution in [1.82, 2.24) is 19.8 Å². The van der Waals surface area contributed by atoms with Crippen molar-refractivity contribution in [1.29, 1.82) is 0 Å². The third kappa shape index (κ3) is 18.5. The van der Waals surface area contributed by atoms with Gasteiger partial charge in [0.05, 0.1) is 32.7 Å². The molecular formula is C52H74Cl2N8O6S2. The minimum atomic E-state index is -3.70. The van der Waals surface area contributed by atoms with Crippen molar-refractivity contribution >= 4 is 83.5 Å². The van der Waals surface area contributed by atoms with Crippen molar-refractivity contribution in [2.45, 2.75) is 168 Å². The number of rotatable bonds is 31. The Morgan fingerprint density at radius 2 is 0.957 bits per heavy atom. The summed E-state index contributed by atoms with van der Waals surface area (Å²) in [5, 5.41) is 13.8. The first-order valence-corrected chi connectivity index (χ1v) is 29.3. The smallest absolute Gasteiger partial charge is 0.257 e. The van der Waals surface area contributed by atoms with E-state index in [0.29, 0.717) is 24.1 Å². The number of nitrogens with one attached hydrogen (secondary N) is 5. The zero-order valence-electron chi connectivity index (χ0n) is 41.7. The van der Waals surface area contributed by atoms with Gasteiger partial charge in [-0.1, -0.05) is 173 Å². The summed E-state index contributed by atoms with van der Waals surface area (Å²) in [6.07, 6.45) is 21.6. The number of carbonyl (C=O) groups excluding carboxylic acids is 2. The lowest BCUT2D eigenvalue weighted by molar-refractivity contribution is 0.101. The molecule has 0 radical (unpaired) electrons. The predicted octanol–water partition coefficient (Wildman–Crippen LogP) is 14.2. The number of fused-ring (bicyclic) bond motifs is 1. The Kier molecular flexibility index (Phi) is 21.9. The van der Waals surface area contributed by atoms with Crippen LogP contribution >= 0.6 is 23.2 Å². The summed E-state index contributed by atoms with van der Waals surface area (Å²) < 4.78 is 59.0. The molecule has 0 spiro atoms. The first-order valence-electron chi connectivity index (χ1n) is 25.2. The molecule has 18 heteroatoms. The van der Waals surface area contributed by atoms with E-state index in [1.54, 1.807) is 16.8 Å². The molecule has 2 aromatic heterocycles. The maximum absolute atomic E-state index is 13.9. The highest BCUT2D eigenvalue weighted by Gasteiger charge is 2.22. The number of aromatic nitrogens is 4. The molecule has 3 aromatic carbocycles. The minimum Gasteiger partial charge on any atom is -0.322 e. The second kappa shape index (κ2) is 27.3. The molecule has 0 saturated carbocycles. The fourth-order valence-electron chi connectivity index (χ4n) is 8.13. The molecule has 70 heavy (non-hydrogen) atoms. The molecule has 0 fully saturated rings. The number of H-pyrrole nitrogens is 1. The van der Waals surface area contributed by atoms with Gasteiger partial charge in [-0.05, 0) is 67.4 Å². The Balaban J connectivity index is 1.28. The summed E-state index contributed by atoms with van der Waals surface area (Å²) in [6.45, 7) is 10.6. The number of benzene rings is 3. The van der Waals surface area contributed by atoms with Crippen LogP contribution in [0.4, 0.5) is 22.7 Å². The molecule has 5 N–H and O–H groups in total. The van der Waals surface area contributed by atoms with E-state index >= 15 is 0 Å². The molecule has 5 rings (SSSR count). The zero-order valence-corrected chi connectivity index (χ0v) is 44.8. The van der Waals surface area contributed by atoms with Gasteiger partial charge < -0.3 is 10.6 Å². The van der Waals surface area contributed by atoms with Crippen LogP contribution in [0.5, 0.6) is 0 Å². The average molecular weight is 1040 g/mol. The number of aromatic amines is 1. The monoisotopic (exact) mass is 1040 g/mol. The topological polar surface area (TPSA) is 197 Å². The molecule has 384 valence electrons. The lowest BCUT2D eigenvalue weighted by atomic mass is 9.93. The van der Waals surface area contributed by atoms with Gasteiger partial charge in [0.25, 0.3) is 11.8 Å². The highest BCUT2D eigenvalue weighted by molar-refractivity contribution is 7.92. The molecule has 0 unspecified atom stereocenters. The molecule has 0 saturated heterocycles. The molecule has 0 bridgehead atoms. The average Bonchev–Trinajstić information content (AvgIpc) is 3.90. The van der Waals surface area contributed by atoms with Gasteiger partial charge in [0.15, 0.2) is 11.5 Å². The Labute approximate surface area is 426 Å². The quantitative estimate of drug-likeness (QED) is 0.0270. The summed E-state index contributed by atoms with van der Waals surface area (Å²) >= 11 is 13.1. The van der Waals surface area contributed by atoms with Crippen LogP contribution < -0.4 is 20.1 Å². The van der Waals surface area contributed by atoms with Gasteiger partial charge in [0, 0.05) is 45.5 Å². The fourth-order valence-corrected chi connectivity index (χ4v) is 10.9. The Morgan fingerprint density at radius 1 is 0.557 bits per heavy atom. The van der Waals surface area contributed by atoms with Crippen LogP contribution in [0.25, 0.3) is 17.0 Å². The second-order valence-corrected chi connectivity index (χ2v) is 23.9. The van der Waals surface area contributed by atoms with Gasteiger partial charge in [0.2, 0.25) is 20.0 Å². The van der Waals surface area contributed by atoms with E-state index in [4.69, 9.17) is 28.2 Å². The maximum Gasteiger partial charge on any atom is 0.257 e. The Hall–Kier alpha value is -4.64. The summed E-state index contributed by atoms with van der Waals surface area (Å²) in [5.41, 5.74) is 2.58. The number of anilines is 4. The van der Waals surface area contributed by atoms with Gasteiger partial charge in [0.1, 0.15) is 0 Å². The predicted molar refractivity (Wildman–Crippen MR) is 289 cm³/mol. The van der Waals surface area contributed by atoms with Crippen molar-refractivity contribution in [3.63, 3.8) is 0 Å². The Bertz CT molecular complexity index is 2550. The third-order valence-corrected chi connectivity index (χ3v) is 15.6. The van der Waals surface area contributed by atoms with Crippen LogP contribution in [0, 0.1) is 0 Å². The van der Waals surface area contributed by atoms with Crippen LogP contribution in [0.2, 0.25) is 10.0 Å². The number of amides is 2. The van der Waals surface area contributed by atoms with Crippen LogP contribution in [0.15, 0.2) is 60.7 Å². The van der Waals surface area contributed by atoms with Gasteiger partial charge in [-0.15, -0.1) is 5.10 Å². The van der Waals surface area contributed by atoms with Gasteiger partial charge in [-0.25, -0.2) is 21.8 Å². The number of unbranched alkanes of at least 4 members (excludes halogenated alkanes) is 18. The first-order chi connectivity index (χ1) is 33.4. The number of hydrogen-bond donors (Lipinski definition) is 5. The summed E-state index contributed by atoms with van der Waals surface area (Å²) in [7, 11) is -7.41. The van der Waals surface area contributed by atoms with Crippen molar-refractivity contribution in [2.75, 3.05) is 31.6 Å². The van der Waals surface area contributed by atoms with Crippen molar-refractivity contribution < 1.29 is 26.4 Å². The van der Waals surface area contributed by atoms with E-state index in [2.05, 4.69) is 64.9 Å². The van der Waals surface area contributed by atoms with E-state index < -0.39 is 31.9 Å². The normalized spacial score (nSPS) is 12.1. The van der Waals surface area contributed by atoms with Crippen molar-refractivity contribution in [3.05, 3.63) is 87.5 Å². The van der Waals surface area contributed by atoms with Gasteiger partial charge in [-0.3, -0.25) is 24.1 Å². The summed E-state index contributed by atoms with van der Waals surface area (Å²) in [5.74, 6) is -1.10. The molecule has 0 atom stereocenters. The summed E-state index contributed by atoms with van der Waals surface area (Å²) in [4.78, 5) is 32.6. The lowest BCUT2D eigenvalue weighted by Crippen LogP contribution is -2.18. The van der Waals surface area contributed by atoms with Crippen molar-refractivity contribution in [3.8, 4) is 11.4 Å². The molecule has 0 aliphatic carbocycles. The SMILES string of the molecule is CCCCCCCCCCCCS(=O)(=O)Nc1ccc(Cl)c(C(=O)Nc2cc(NC(=O)c3cc(NS(=O)(=O)CCCCCCCCCCCC)ccc3Cl)cc(-c3nc4cc(C(C)(C)C)[nH]n4n3)c2)c1. The number of nitrogens with zero attached hydrogens (tertiary/aromatic N) is 3. The zero-order chi connectivity index (χ0) is 50.7. The fraction of sp³-hybridized carbons (Fsp3) is 0.538. The van der Waals surface area contributed by atoms with Crippen LogP contribution in [-0.4, -0.2) is 60.0 Å².